The molecule has 7 heteroatoms. The second-order valence-electron chi connectivity index (χ2n) is 9.09. The number of rotatable bonds is 7. The van der Waals surface area contributed by atoms with Gasteiger partial charge in [-0.3, -0.25) is 14.5 Å². The first-order chi connectivity index (χ1) is 16.2. The number of hydrogen-bond acceptors (Lipinski definition) is 5. The summed E-state index contributed by atoms with van der Waals surface area (Å²) in [6.07, 6.45) is 0.916. The summed E-state index contributed by atoms with van der Waals surface area (Å²) in [5, 5.41) is 0. The molecular formula is C26H32N4O2S. The van der Waals surface area contributed by atoms with Crippen LogP contribution in [0.3, 0.4) is 0 Å². The molecule has 0 bridgehead atoms. The number of carbonyl (C=O) groups is 2. The minimum atomic E-state index is -0.229. The number of nitrogens with zero attached hydrogens (tertiary/aromatic N) is 4. The van der Waals surface area contributed by atoms with E-state index in [1.807, 2.05) is 0 Å². The smallest absolute Gasteiger partial charge is 0.246 e. The summed E-state index contributed by atoms with van der Waals surface area (Å²) in [7, 11) is 0. The molecule has 33 heavy (non-hydrogen) atoms. The largest absolute Gasteiger partial charge is 0.332 e. The van der Waals surface area contributed by atoms with E-state index in [4.69, 9.17) is 0 Å². The summed E-state index contributed by atoms with van der Waals surface area (Å²) < 4.78 is 0. The molecule has 0 unspecified atom stereocenters. The van der Waals surface area contributed by atoms with Crippen molar-refractivity contribution in [2.24, 2.45) is 0 Å². The maximum atomic E-state index is 12.7. The van der Waals surface area contributed by atoms with Gasteiger partial charge in [0.1, 0.15) is 6.04 Å². The van der Waals surface area contributed by atoms with Crippen LogP contribution >= 0.6 is 11.8 Å². The number of fused-ring (bicyclic) bond motifs is 1. The Morgan fingerprint density at radius 3 is 2.12 bits per heavy atom. The maximum absolute atomic E-state index is 12.7. The highest BCUT2D eigenvalue weighted by Gasteiger charge is 2.42. The van der Waals surface area contributed by atoms with Gasteiger partial charge in [-0.25, -0.2) is 0 Å². The van der Waals surface area contributed by atoms with Crippen molar-refractivity contribution < 1.29 is 9.59 Å². The van der Waals surface area contributed by atoms with E-state index in [1.165, 1.54) is 11.1 Å². The van der Waals surface area contributed by atoms with E-state index in [2.05, 4.69) is 70.5 Å². The van der Waals surface area contributed by atoms with Gasteiger partial charge in [0.15, 0.2) is 0 Å². The number of hydrogen-bond donors (Lipinski definition) is 0. The fourth-order valence-electron chi connectivity index (χ4n) is 5.24. The predicted molar refractivity (Wildman–Crippen MR) is 132 cm³/mol. The number of thioether (sulfide) groups is 1. The van der Waals surface area contributed by atoms with Gasteiger partial charge in [-0.1, -0.05) is 60.7 Å². The topological polar surface area (TPSA) is 47.1 Å². The van der Waals surface area contributed by atoms with Crippen molar-refractivity contribution in [1.82, 2.24) is 19.6 Å². The van der Waals surface area contributed by atoms with Gasteiger partial charge in [-0.2, -0.15) is 0 Å². The molecule has 0 aromatic heterocycles. The molecule has 2 aromatic carbocycles. The van der Waals surface area contributed by atoms with Crippen LogP contribution in [0.15, 0.2) is 60.7 Å². The Kier molecular flexibility index (Phi) is 6.99. The van der Waals surface area contributed by atoms with Gasteiger partial charge in [0.2, 0.25) is 11.8 Å². The summed E-state index contributed by atoms with van der Waals surface area (Å²) in [5.41, 5.74) is 2.68. The molecule has 3 heterocycles. The van der Waals surface area contributed by atoms with Crippen molar-refractivity contribution in [2.45, 2.75) is 18.5 Å². The number of amides is 2. The Hall–Kier alpha value is -2.35. The molecule has 0 spiro atoms. The first-order valence-electron chi connectivity index (χ1n) is 11.9. The van der Waals surface area contributed by atoms with Gasteiger partial charge >= 0.3 is 0 Å². The first-order valence-corrected chi connectivity index (χ1v) is 13.1. The maximum Gasteiger partial charge on any atom is 0.246 e. The molecule has 3 aliphatic heterocycles. The SMILES string of the molecule is O=C1[C@H]2CSCN2C(=O)CN1CCCN1CCN(C(c2ccccc2)c2ccccc2)CC1. The lowest BCUT2D eigenvalue weighted by Crippen LogP contribution is -2.58. The van der Waals surface area contributed by atoms with Crippen LogP contribution in [0.25, 0.3) is 0 Å². The second-order valence-corrected chi connectivity index (χ2v) is 10.1. The molecule has 174 valence electrons. The van der Waals surface area contributed by atoms with Crippen LogP contribution in [-0.4, -0.2) is 94.9 Å². The molecule has 6 nitrogen and oxygen atoms in total. The molecule has 0 saturated carbocycles. The lowest BCUT2D eigenvalue weighted by Gasteiger charge is -2.40. The minimum Gasteiger partial charge on any atom is -0.332 e. The number of carbonyl (C=O) groups excluding carboxylic acids is 2. The van der Waals surface area contributed by atoms with Crippen molar-refractivity contribution in [2.75, 3.05) is 57.4 Å². The summed E-state index contributed by atoms with van der Waals surface area (Å²) in [6, 6.07) is 21.6. The third kappa shape index (κ3) is 4.95. The number of benzene rings is 2. The van der Waals surface area contributed by atoms with Crippen LogP contribution in [0.4, 0.5) is 0 Å². The van der Waals surface area contributed by atoms with Crippen molar-refractivity contribution in [3.05, 3.63) is 71.8 Å². The summed E-state index contributed by atoms with van der Waals surface area (Å²) in [4.78, 5) is 33.7. The zero-order valence-corrected chi connectivity index (χ0v) is 19.8. The van der Waals surface area contributed by atoms with Crippen molar-refractivity contribution in [3.8, 4) is 0 Å². The summed E-state index contributed by atoms with van der Waals surface area (Å²) >= 11 is 1.68. The van der Waals surface area contributed by atoms with Crippen LogP contribution in [0.5, 0.6) is 0 Å². The zero-order valence-electron chi connectivity index (χ0n) is 19.0. The molecular weight excluding hydrogens is 432 g/mol. The molecule has 3 fully saturated rings. The molecule has 2 amide bonds. The first kappa shape index (κ1) is 22.4. The van der Waals surface area contributed by atoms with E-state index in [0.29, 0.717) is 12.4 Å². The summed E-state index contributed by atoms with van der Waals surface area (Å²) in [5.74, 6) is 1.65. The van der Waals surface area contributed by atoms with E-state index >= 15 is 0 Å². The Morgan fingerprint density at radius 2 is 1.48 bits per heavy atom. The fourth-order valence-corrected chi connectivity index (χ4v) is 6.41. The Labute approximate surface area is 200 Å². The lowest BCUT2D eigenvalue weighted by molar-refractivity contribution is -0.153. The van der Waals surface area contributed by atoms with Gasteiger partial charge in [0.25, 0.3) is 0 Å². The highest BCUT2D eigenvalue weighted by Crippen LogP contribution is 2.29. The van der Waals surface area contributed by atoms with Crippen molar-refractivity contribution in [1.29, 1.82) is 0 Å². The van der Waals surface area contributed by atoms with Gasteiger partial charge < -0.3 is 14.7 Å². The molecule has 3 saturated heterocycles. The monoisotopic (exact) mass is 464 g/mol. The third-order valence-corrected chi connectivity index (χ3v) is 8.04. The second kappa shape index (κ2) is 10.3. The van der Waals surface area contributed by atoms with E-state index in [1.54, 1.807) is 21.6 Å². The Morgan fingerprint density at radius 1 is 0.848 bits per heavy atom. The van der Waals surface area contributed by atoms with Crippen LogP contribution in [0.1, 0.15) is 23.6 Å². The molecule has 0 radical (unpaired) electrons. The Balaban J connectivity index is 1.14. The van der Waals surface area contributed by atoms with Crippen LogP contribution in [0, 0.1) is 0 Å². The van der Waals surface area contributed by atoms with Gasteiger partial charge in [0, 0.05) is 38.5 Å². The lowest BCUT2D eigenvalue weighted by atomic mass is 9.96. The van der Waals surface area contributed by atoms with Crippen molar-refractivity contribution in [3.63, 3.8) is 0 Å². The zero-order chi connectivity index (χ0) is 22.6. The highest BCUT2D eigenvalue weighted by molar-refractivity contribution is 7.99. The van der Waals surface area contributed by atoms with Gasteiger partial charge in [0.05, 0.1) is 18.5 Å². The fraction of sp³-hybridized carbons (Fsp3) is 0.462. The molecule has 1 atom stereocenters. The van der Waals surface area contributed by atoms with Crippen LogP contribution in [0.2, 0.25) is 0 Å². The third-order valence-electron chi connectivity index (χ3n) is 7.03. The molecule has 5 rings (SSSR count). The molecule has 3 aliphatic rings. The van der Waals surface area contributed by atoms with E-state index < -0.39 is 0 Å². The van der Waals surface area contributed by atoms with Crippen LogP contribution in [-0.2, 0) is 9.59 Å². The molecule has 0 N–H and O–H groups in total. The Bertz CT molecular complexity index is 910. The average Bonchev–Trinajstić information content (AvgIpc) is 3.36. The summed E-state index contributed by atoms with van der Waals surface area (Å²) in [6.45, 7) is 5.98. The van der Waals surface area contributed by atoms with Gasteiger partial charge in [-0.05, 0) is 24.1 Å². The predicted octanol–water partition coefficient (Wildman–Crippen LogP) is 2.53. The number of piperazine rings is 2. The normalized spacial score (nSPS) is 22.3. The van der Waals surface area contributed by atoms with E-state index in [0.717, 1.165) is 44.9 Å². The van der Waals surface area contributed by atoms with E-state index in [9.17, 15) is 9.59 Å². The van der Waals surface area contributed by atoms with Crippen LogP contribution < -0.4 is 0 Å². The standard InChI is InChI=1S/C26H32N4O2S/c31-24-18-29(26(32)23-19-33-20-30(23)24)13-7-12-27-14-16-28(17-15-27)25(21-8-3-1-4-9-21)22-10-5-2-6-11-22/h1-6,8-11,23,25H,7,12-20H2/t23-/m1/s1. The quantitative estimate of drug-likeness (QED) is 0.630. The average molecular weight is 465 g/mol. The highest BCUT2D eigenvalue weighted by atomic mass is 32.2. The molecule has 0 aliphatic carbocycles. The van der Waals surface area contributed by atoms with Gasteiger partial charge in [-0.15, -0.1) is 11.8 Å². The van der Waals surface area contributed by atoms with E-state index in [-0.39, 0.29) is 30.4 Å². The molecule has 2 aromatic rings. The van der Waals surface area contributed by atoms with Crippen molar-refractivity contribution >= 4 is 23.6 Å². The minimum absolute atomic E-state index is 0.103.